The van der Waals surface area contributed by atoms with E-state index < -0.39 is 0 Å². The lowest BCUT2D eigenvalue weighted by atomic mass is 10.1. The molecule has 0 bridgehead atoms. The minimum atomic E-state index is 0.448. The third kappa shape index (κ3) is 4.43. The van der Waals surface area contributed by atoms with Gasteiger partial charge in [-0.15, -0.1) is 0 Å². The van der Waals surface area contributed by atoms with Gasteiger partial charge in [0.15, 0.2) is 5.11 Å². The quantitative estimate of drug-likeness (QED) is 0.827. The Bertz CT molecular complexity index is 679. The highest BCUT2D eigenvalue weighted by Crippen LogP contribution is 2.11. The molecule has 1 aromatic carbocycles. The zero-order valence-corrected chi connectivity index (χ0v) is 13.0. The third-order valence-corrected chi connectivity index (χ3v) is 3.26. The van der Waals surface area contributed by atoms with Crippen molar-refractivity contribution in [1.29, 1.82) is 5.26 Å². The Labute approximate surface area is 134 Å². The van der Waals surface area contributed by atoms with E-state index >= 15 is 0 Å². The Balaban J connectivity index is 1.81. The second-order valence-corrected chi connectivity index (χ2v) is 4.90. The number of nitrogens with zero attached hydrogens (tertiary/aromatic N) is 2. The van der Waals surface area contributed by atoms with E-state index in [1.54, 1.807) is 25.4 Å². The number of ether oxygens (including phenoxy) is 1. The van der Waals surface area contributed by atoms with Crippen LogP contribution in [-0.2, 0) is 6.42 Å². The highest BCUT2D eigenvalue weighted by Gasteiger charge is 2.04. The lowest BCUT2D eigenvalue weighted by molar-refractivity contribution is 0.414. The number of anilines is 1. The van der Waals surface area contributed by atoms with Gasteiger partial charge in [-0.1, -0.05) is 12.1 Å². The number of aromatic nitrogens is 1. The van der Waals surface area contributed by atoms with Crippen molar-refractivity contribution in [2.45, 2.75) is 6.42 Å². The average molecular weight is 312 g/mol. The molecule has 0 aliphatic carbocycles. The van der Waals surface area contributed by atoms with Gasteiger partial charge in [0.2, 0.25) is 0 Å². The second-order valence-electron chi connectivity index (χ2n) is 4.49. The lowest BCUT2D eigenvalue weighted by Crippen LogP contribution is -2.30. The Morgan fingerprint density at radius 2 is 2.09 bits per heavy atom. The maximum atomic E-state index is 8.99. The van der Waals surface area contributed by atoms with Crippen LogP contribution in [0.25, 0.3) is 0 Å². The summed E-state index contributed by atoms with van der Waals surface area (Å²) in [5, 5.41) is 15.5. The van der Waals surface area contributed by atoms with E-state index in [9.17, 15) is 0 Å². The molecule has 0 atom stereocenters. The fraction of sp³-hybridized carbons (Fsp3) is 0.188. The predicted molar refractivity (Wildman–Crippen MR) is 89.9 cm³/mol. The zero-order chi connectivity index (χ0) is 15.8. The van der Waals surface area contributed by atoms with Gasteiger partial charge >= 0.3 is 0 Å². The smallest absolute Gasteiger partial charge is 0.171 e. The third-order valence-electron chi connectivity index (χ3n) is 3.02. The minimum Gasteiger partial charge on any atom is -0.497 e. The Morgan fingerprint density at radius 1 is 1.32 bits per heavy atom. The molecule has 112 valence electrons. The van der Waals surface area contributed by atoms with Crippen LogP contribution in [0, 0.1) is 11.3 Å². The molecule has 0 spiro atoms. The van der Waals surface area contributed by atoms with Crippen molar-refractivity contribution in [1.82, 2.24) is 10.3 Å². The number of benzene rings is 1. The van der Waals surface area contributed by atoms with Crippen LogP contribution in [0.5, 0.6) is 5.75 Å². The van der Waals surface area contributed by atoms with E-state index in [1.807, 2.05) is 24.3 Å². The Kier molecular flexibility index (Phi) is 5.69. The molecule has 0 radical (unpaired) electrons. The summed E-state index contributed by atoms with van der Waals surface area (Å²) in [5.74, 6) is 1.31. The first-order chi connectivity index (χ1) is 10.7. The van der Waals surface area contributed by atoms with Gasteiger partial charge in [0.25, 0.3) is 0 Å². The van der Waals surface area contributed by atoms with Crippen molar-refractivity contribution in [3.05, 3.63) is 53.7 Å². The molecule has 22 heavy (non-hydrogen) atoms. The molecule has 0 amide bonds. The van der Waals surface area contributed by atoms with E-state index in [1.165, 1.54) is 5.56 Å². The number of thiocarbonyl (C=S) groups is 1. The molecule has 1 aromatic heterocycles. The largest absolute Gasteiger partial charge is 0.497 e. The molecule has 2 aromatic rings. The highest BCUT2D eigenvalue weighted by atomic mass is 32.1. The molecule has 0 saturated heterocycles. The van der Waals surface area contributed by atoms with Crippen molar-refractivity contribution in [3.63, 3.8) is 0 Å². The molecule has 0 aliphatic rings. The summed E-state index contributed by atoms with van der Waals surface area (Å²) in [4.78, 5) is 4.10. The summed E-state index contributed by atoms with van der Waals surface area (Å²) in [6.45, 7) is 0.687. The van der Waals surface area contributed by atoms with Crippen molar-refractivity contribution in [2.24, 2.45) is 0 Å². The summed E-state index contributed by atoms with van der Waals surface area (Å²) in [5.41, 5.74) is 1.65. The second kappa shape index (κ2) is 7.96. The number of nitriles is 1. The van der Waals surface area contributed by atoms with Gasteiger partial charge in [-0.3, -0.25) is 0 Å². The van der Waals surface area contributed by atoms with Crippen LogP contribution in [0.1, 0.15) is 11.1 Å². The molecule has 1 heterocycles. The van der Waals surface area contributed by atoms with Crippen LogP contribution in [0.2, 0.25) is 0 Å². The molecule has 0 saturated carbocycles. The Hall–Kier alpha value is -2.65. The van der Waals surface area contributed by atoms with Crippen molar-refractivity contribution < 1.29 is 4.74 Å². The fourth-order valence-electron chi connectivity index (χ4n) is 1.86. The van der Waals surface area contributed by atoms with Gasteiger partial charge in [0.05, 0.1) is 12.7 Å². The van der Waals surface area contributed by atoms with E-state index in [4.69, 9.17) is 22.2 Å². The van der Waals surface area contributed by atoms with E-state index in [-0.39, 0.29) is 0 Å². The highest BCUT2D eigenvalue weighted by molar-refractivity contribution is 7.80. The number of rotatable bonds is 5. The molecule has 0 aliphatic heterocycles. The molecule has 0 unspecified atom stereocenters. The Morgan fingerprint density at radius 3 is 2.77 bits per heavy atom. The first kappa shape index (κ1) is 15.7. The van der Waals surface area contributed by atoms with Gasteiger partial charge in [-0.25, -0.2) is 4.98 Å². The van der Waals surface area contributed by atoms with Crippen LogP contribution >= 0.6 is 12.2 Å². The summed E-state index contributed by atoms with van der Waals surface area (Å²) in [6, 6.07) is 13.4. The van der Waals surface area contributed by atoms with Gasteiger partial charge in [-0.05, 0) is 48.5 Å². The molecular formula is C16H16N4OS. The monoisotopic (exact) mass is 312 g/mol. The van der Waals surface area contributed by atoms with Crippen LogP contribution in [0.3, 0.4) is 0 Å². The molecule has 5 nitrogen and oxygen atoms in total. The molecule has 6 heteroatoms. The molecule has 2 rings (SSSR count). The molecule has 0 fully saturated rings. The number of hydrogen-bond donors (Lipinski definition) is 2. The van der Waals surface area contributed by atoms with E-state index in [0.717, 1.165) is 12.2 Å². The number of nitrogens with one attached hydrogen (secondary N) is 2. The first-order valence-electron chi connectivity index (χ1n) is 6.76. The van der Waals surface area contributed by atoms with Gasteiger partial charge in [0.1, 0.15) is 17.6 Å². The van der Waals surface area contributed by atoms with E-state index in [0.29, 0.717) is 23.0 Å². The standard InChI is InChI=1S/C16H16N4OS/c1-21-14-6-4-12(5-7-14)8-10-19-16(22)20-15-13(11-17)3-2-9-18-15/h2-7,9H,8,10H2,1H3,(H2,18,19,20,22). The zero-order valence-electron chi connectivity index (χ0n) is 12.2. The van der Waals surface area contributed by atoms with Crippen molar-refractivity contribution in [2.75, 3.05) is 19.0 Å². The number of hydrogen-bond acceptors (Lipinski definition) is 4. The number of pyridine rings is 1. The van der Waals surface area contributed by atoms with Gasteiger partial charge in [-0.2, -0.15) is 5.26 Å². The van der Waals surface area contributed by atoms with Crippen LogP contribution in [-0.4, -0.2) is 23.8 Å². The first-order valence-corrected chi connectivity index (χ1v) is 7.16. The lowest BCUT2D eigenvalue weighted by Gasteiger charge is -2.10. The van der Waals surface area contributed by atoms with Crippen LogP contribution < -0.4 is 15.4 Å². The summed E-state index contributed by atoms with van der Waals surface area (Å²) < 4.78 is 5.12. The predicted octanol–water partition coefficient (Wildman–Crippen LogP) is 2.49. The maximum Gasteiger partial charge on any atom is 0.171 e. The molecule has 2 N–H and O–H groups in total. The van der Waals surface area contributed by atoms with Crippen molar-refractivity contribution in [3.8, 4) is 11.8 Å². The minimum absolute atomic E-state index is 0.448. The van der Waals surface area contributed by atoms with Gasteiger partial charge in [0, 0.05) is 12.7 Å². The maximum absolute atomic E-state index is 8.99. The summed E-state index contributed by atoms with van der Waals surface area (Å²) in [7, 11) is 1.65. The SMILES string of the molecule is COc1ccc(CCNC(=S)Nc2ncccc2C#N)cc1. The summed E-state index contributed by atoms with van der Waals surface area (Å²) in [6.07, 6.45) is 2.45. The number of methoxy groups -OCH3 is 1. The van der Waals surface area contributed by atoms with Gasteiger partial charge < -0.3 is 15.4 Å². The average Bonchev–Trinajstić information content (AvgIpc) is 2.56. The van der Waals surface area contributed by atoms with Crippen LogP contribution in [0.4, 0.5) is 5.82 Å². The van der Waals surface area contributed by atoms with Crippen molar-refractivity contribution >= 4 is 23.1 Å². The normalized spacial score (nSPS) is 9.64. The van der Waals surface area contributed by atoms with Crippen LogP contribution in [0.15, 0.2) is 42.6 Å². The fourth-order valence-corrected chi connectivity index (χ4v) is 2.06. The summed E-state index contributed by atoms with van der Waals surface area (Å²) >= 11 is 5.21. The topological polar surface area (TPSA) is 70.0 Å². The molecular weight excluding hydrogens is 296 g/mol. The van der Waals surface area contributed by atoms with E-state index in [2.05, 4.69) is 21.7 Å².